The standard InChI is InChI=1S/C32H46N6O8/c1-18(2)26(31(44)38-16-8-11-24(38)29(42)36-23(17-19(3)33)32(45)46-4)37-28(41)22(35-27(40)20-9-6-5-7-10-20)14-15-25(39)30(43)34-21-12-13-21/h5-7,9-10,18-19,21-24,26H,8,11-17,33H2,1-4H3,(H,34,43)(H,35,40)(H,36,42)(H,37,41)/p+1. The number of carbonyl (C=O) groups is 7. The zero-order chi connectivity index (χ0) is 34.0. The van der Waals surface area contributed by atoms with Crippen LogP contribution in [-0.4, -0.2) is 96.1 Å². The van der Waals surface area contributed by atoms with E-state index in [0.29, 0.717) is 18.4 Å². The van der Waals surface area contributed by atoms with E-state index < -0.39 is 71.4 Å². The summed E-state index contributed by atoms with van der Waals surface area (Å²) in [5.74, 6) is -4.73. The van der Waals surface area contributed by atoms with Gasteiger partial charge in [-0.05, 0) is 57.1 Å². The number of rotatable bonds is 16. The molecule has 1 saturated carbocycles. The van der Waals surface area contributed by atoms with Crippen LogP contribution in [0.4, 0.5) is 0 Å². The lowest BCUT2D eigenvalue weighted by Gasteiger charge is -2.32. The Labute approximate surface area is 268 Å². The highest BCUT2D eigenvalue weighted by Gasteiger charge is 2.40. The molecule has 1 aromatic carbocycles. The van der Waals surface area contributed by atoms with Crippen LogP contribution in [0.5, 0.6) is 0 Å². The minimum atomic E-state index is -1.23. The highest BCUT2D eigenvalue weighted by Crippen LogP contribution is 2.22. The first-order valence-electron chi connectivity index (χ1n) is 15.8. The van der Waals surface area contributed by atoms with Crippen molar-refractivity contribution in [3.63, 3.8) is 0 Å². The fourth-order valence-corrected chi connectivity index (χ4v) is 5.26. The van der Waals surface area contributed by atoms with Gasteiger partial charge in [0.05, 0.1) is 13.2 Å². The van der Waals surface area contributed by atoms with Gasteiger partial charge in [-0.15, -0.1) is 0 Å². The molecule has 1 aliphatic heterocycles. The van der Waals surface area contributed by atoms with Gasteiger partial charge in [0, 0.05) is 31.0 Å². The van der Waals surface area contributed by atoms with Crippen LogP contribution in [0.25, 0.3) is 0 Å². The van der Waals surface area contributed by atoms with E-state index in [4.69, 9.17) is 4.74 Å². The number of methoxy groups -OCH3 is 1. The van der Waals surface area contributed by atoms with Gasteiger partial charge in [-0.2, -0.15) is 0 Å². The highest BCUT2D eigenvalue weighted by atomic mass is 16.5. The van der Waals surface area contributed by atoms with Crippen LogP contribution in [-0.2, 0) is 33.5 Å². The molecule has 1 saturated heterocycles. The molecule has 7 N–H and O–H groups in total. The predicted octanol–water partition coefficient (Wildman–Crippen LogP) is -0.777. The van der Waals surface area contributed by atoms with Crippen molar-refractivity contribution in [1.29, 1.82) is 0 Å². The van der Waals surface area contributed by atoms with Gasteiger partial charge < -0.3 is 36.6 Å². The van der Waals surface area contributed by atoms with Gasteiger partial charge in [0.1, 0.15) is 24.2 Å². The third kappa shape index (κ3) is 10.4. The fraction of sp³-hybridized carbons (Fsp3) is 0.594. The second-order valence-electron chi connectivity index (χ2n) is 12.4. The zero-order valence-electron chi connectivity index (χ0n) is 27.0. The maximum atomic E-state index is 13.9. The molecule has 0 aromatic heterocycles. The number of ketones is 1. The largest absolute Gasteiger partial charge is 0.467 e. The average Bonchev–Trinajstić information content (AvgIpc) is 3.70. The van der Waals surface area contributed by atoms with Crippen molar-refractivity contribution in [2.75, 3.05) is 13.7 Å². The smallest absolute Gasteiger partial charge is 0.328 e. The van der Waals surface area contributed by atoms with Gasteiger partial charge in [0.25, 0.3) is 11.8 Å². The quantitative estimate of drug-likeness (QED) is 0.114. The summed E-state index contributed by atoms with van der Waals surface area (Å²) in [5.41, 5.74) is 4.17. The van der Waals surface area contributed by atoms with Crippen LogP contribution in [0, 0.1) is 5.92 Å². The number of carbonyl (C=O) groups excluding carboxylic acids is 7. The van der Waals surface area contributed by atoms with Crippen LogP contribution in [0.2, 0.25) is 0 Å². The number of quaternary nitrogens is 1. The van der Waals surface area contributed by atoms with Crippen molar-refractivity contribution in [3.8, 4) is 0 Å². The van der Waals surface area contributed by atoms with E-state index in [0.717, 1.165) is 12.8 Å². The number of ether oxygens (including phenoxy) is 1. The third-order valence-electron chi connectivity index (χ3n) is 7.99. The topological polar surface area (TPSA) is 208 Å². The van der Waals surface area contributed by atoms with E-state index in [9.17, 15) is 33.6 Å². The molecule has 1 heterocycles. The minimum Gasteiger partial charge on any atom is -0.467 e. The Morgan fingerprint density at radius 1 is 0.935 bits per heavy atom. The Bertz CT molecular complexity index is 1280. The van der Waals surface area contributed by atoms with Crippen molar-refractivity contribution < 1.29 is 44.0 Å². The van der Waals surface area contributed by atoms with Crippen LogP contribution < -0.4 is 27.0 Å². The van der Waals surface area contributed by atoms with Crippen molar-refractivity contribution in [3.05, 3.63) is 35.9 Å². The maximum Gasteiger partial charge on any atom is 0.328 e. The molecule has 0 spiro atoms. The van der Waals surface area contributed by atoms with Gasteiger partial charge in [-0.3, -0.25) is 28.8 Å². The summed E-state index contributed by atoms with van der Waals surface area (Å²) >= 11 is 0. The number of esters is 1. The molecule has 252 valence electrons. The van der Waals surface area contributed by atoms with E-state index in [1.807, 2.05) is 0 Å². The summed E-state index contributed by atoms with van der Waals surface area (Å²) in [4.78, 5) is 92.2. The summed E-state index contributed by atoms with van der Waals surface area (Å²) in [6.07, 6.45) is 2.31. The molecule has 1 aliphatic carbocycles. The van der Waals surface area contributed by atoms with Gasteiger partial charge in [0.2, 0.25) is 23.5 Å². The lowest BCUT2D eigenvalue weighted by molar-refractivity contribution is -0.415. The van der Waals surface area contributed by atoms with E-state index in [2.05, 4.69) is 27.0 Å². The van der Waals surface area contributed by atoms with Crippen molar-refractivity contribution >= 4 is 41.3 Å². The maximum absolute atomic E-state index is 13.9. The Kier molecular flexibility index (Phi) is 13.2. The van der Waals surface area contributed by atoms with Gasteiger partial charge >= 0.3 is 5.97 Å². The molecular weight excluding hydrogens is 596 g/mol. The van der Waals surface area contributed by atoms with Gasteiger partial charge in [-0.25, -0.2) is 4.79 Å². The molecule has 0 bridgehead atoms. The highest BCUT2D eigenvalue weighted by molar-refractivity contribution is 6.36. The first-order valence-corrected chi connectivity index (χ1v) is 15.8. The molecule has 3 rings (SSSR count). The number of nitrogens with one attached hydrogen (secondary N) is 4. The number of amides is 5. The lowest BCUT2D eigenvalue weighted by atomic mass is 10.00. The molecule has 0 radical (unpaired) electrons. The summed E-state index contributed by atoms with van der Waals surface area (Å²) in [5, 5.41) is 10.7. The van der Waals surface area contributed by atoms with E-state index >= 15 is 0 Å². The molecule has 1 aromatic rings. The van der Waals surface area contributed by atoms with Gasteiger partial charge in [-0.1, -0.05) is 32.0 Å². The second kappa shape index (κ2) is 16.8. The normalized spacial score (nSPS) is 18.5. The first-order chi connectivity index (χ1) is 21.8. The summed E-state index contributed by atoms with van der Waals surface area (Å²) in [6.45, 7) is 5.54. The minimum absolute atomic E-state index is 0.0128. The summed E-state index contributed by atoms with van der Waals surface area (Å²) in [6, 6.07) is 3.95. The Morgan fingerprint density at radius 2 is 1.61 bits per heavy atom. The van der Waals surface area contributed by atoms with Crippen molar-refractivity contribution in [2.45, 2.75) is 102 Å². The Balaban J connectivity index is 1.74. The molecule has 2 aliphatic rings. The predicted molar refractivity (Wildman–Crippen MR) is 166 cm³/mol. The summed E-state index contributed by atoms with van der Waals surface area (Å²) < 4.78 is 4.83. The Morgan fingerprint density at radius 3 is 2.20 bits per heavy atom. The third-order valence-corrected chi connectivity index (χ3v) is 7.99. The Hall–Kier alpha value is -4.33. The average molecular weight is 644 g/mol. The van der Waals surface area contributed by atoms with E-state index in [-0.39, 0.29) is 37.9 Å². The molecular formula is C32H47N6O8+. The SMILES string of the molecule is COC(=O)C(CC(C)[NH3+])NC(=O)C1CCCN1C(=O)C(NC(=O)C(CCC(=O)C(=O)NC1CC1)NC(=O)c1ccccc1)C(C)C. The van der Waals surface area contributed by atoms with Crippen LogP contribution >= 0.6 is 0 Å². The number of Topliss-reactive ketones (excluding diaryl/α,β-unsaturated/α-hetero) is 1. The fourth-order valence-electron chi connectivity index (χ4n) is 5.26. The first kappa shape index (κ1) is 36.1. The van der Waals surface area contributed by atoms with Crippen LogP contribution in [0.15, 0.2) is 30.3 Å². The summed E-state index contributed by atoms with van der Waals surface area (Å²) in [7, 11) is 1.23. The molecule has 5 amide bonds. The number of likely N-dealkylation sites (tertiary alicyclic amines) is 1. The van der Waals surface area contributed by atoms with E-state index in [1.165, 1.54) is 12.0 Å². The zero-order valence-corrected chi connectivity index (χ0v) is 27.0. The number of benzene rings is 1. The molecule has 14 nitrogen and oxygen atoms in total. The lowest BCUT2D eigenvalue weighted by Crippen LogP contribution is -2.63. The monoisotopic (exact) mass is 643 g/mol. The molecule has 5 unspecified atom stereocenters. The molecule has 5 atom stereocenters. The van der Waals surface area contributed by atoms with Crippen molar-refractivity contribution in [1.82, 2.24) is 26.2 Å². The van der Waals surface area contributed by atoms with Crippen LogP contribution in [0.1, 0.15) is 76.1 Å². The number of nitrogens with zero attached hydrogens (tertiary/aromatic N) is 1. The molecule has 46 heavy (non-hydrogen) atoms. The molecule has 14 heteroatoms. The number of hydrogen-bond donors (Lipinski definition) is 5. The van der Waals surface area contributed by atoms with E-state index in [1.54, 1.807) is 51.1 Å². The number of hydrogen-bond acceptors (Lipinski definition) is 8. The second-order valence-corrected chi connectivity index (χ2v) is 12.4. The van der Waals surface area contributed by atoms with Crippen molar-refractivity contribution in [2.24, 2.45) is 5.92 Å². The van der Waals surface area contributed by atoms with Gasteiger partial charge in [0.15, 0.2) is 0 Å². The molecule has 2 fully saturated rings. The van der Waals surface area contributed by atoms with Crippen LogP contribution in [0.3, 0.4) is 0 Å².